The third-order valence-corrected chi connectivity index (χ3v) is 3.70. The predicted molar refractivity (Wildman–Crippen MR) is 78.2 cm³/mol. The highest BCUT2D eigenvalue weighted by molar-refractivity contribution is 5.87. The second kappa shape index (κ2) is 5.06. The third kappa shape index (κ3) is 2.86. The van der Waals surface area contributed by atoms with E-state index < -0.39 is 23.2 Å². The monoisotopic (exact) mass is 291 g/mol. The Kier molecular flexibility index (Phi) is 3.70. The number of benzene rings is 1. The molecule has 0 fully saturated rings. The number of carboxylic acids is 1. The molecule has 0 saturated heterocycles. The number of hydrogen-bond donors (Lipinski definition) is 2. The molecule has 0 radical (unpaired) electrons. The minimum atomic E-state index is -1.40. The maximum absolute atomic E-state index is 12.0. The molecular formula is C16H21NO4. The number of amides is 1. The van der Waals surface area contributed by atoms with Gasteiger partial charge in [-0.1, -0.05) is 18.2 Å². The first-order chi connectivity index (χ1) is 9.66. The molecule has 0 aliphatic heterocycles. The summed E-state index contributed by atoms with van der Waals surface area (Å²) in [5.41, 5.74) is 0.625. The maximum atomic E-state index is 12.0. The molecule has 5 nitrogen and oxygen atoms in total. The van der Waals surface area contributed by atoms with Crippen molar-refractivity contribution in [2.75, 3.05) is 0 Å². The largest absolute Gasteiger partial charge is 0.479 e. The molecular weight excluding hydrogens is 270 g/mol. The second-order valence-electron chi connectivity index (χ2n) is 6.44. The number of nitrogens with one attached hydrogen (secondary N) is 1. The van der Waals surface area contributed by atoms with Gasteiger partial charge in [0.15, 0.2) is 5.54 Å². The Labute approximate surface area is 124 Å². The van der Waals surface area contributed by atoms with Gasteiger partial charge >= 0.3 is 12.1 Å². The molecule has 21 heavy (non-hydrogen) atoms. The molecule has 1 aromatic carbocycles. The van der Waals surface area contributed by atoms with Crippen molar-refractivity contribution in [3.05, 3.63) is 34.9 Å². The Morgan fingerprint density at radius 3 is 2.57 bits per heavy atom. The summed E-state index contributed by atoms with van der Waals surface area (Å²) in [6.07, 6.45) is 0.255. The lowest BCUT2D eigenvalue weighted by Crippen LogP contribution is -2.51. The number of rotatable bonds is 2. The molecule has 2 rings (SSSR count). The molecule has 1 aliphatic carbocycles. The van der Waals surface area contributed by atoms with Gasteiger partial charge in [-0.05, 0) is 57.2 Å². The van der Waals surface area contributed by atoms with E-state index in [1.54, 1.807) is 26.8 Å². The van der Waals surface area contributed by atoms with E-state index in [-0.39, 0.29) is 0 Å². The summed E-state index contributed by atoms with van der Waals surface area (Å²) in [6, 6.07) is 5.53. The van der Waals surface area contributed by atoms with E-state index in [1.807, 2.05) is 19.1 Å². The number of aryl methyl sites for hydroxylation is 1. The fraction of sp³-hybridized carbons (Fsp3) is 0.500. The first-order valence-corrected chi connectivity index (χ1v) is 6.99. The van der Waals surface area contributed by atoms with E-state index >= 15 is 0 Å². The zero-order valence-electron chi connectivity index (χ0n) is 12.8. The van der Waals surface area contributed by atoms with Crippen LogP contribution in [0.4, 0.5) is 4.79 Å². The minimum absolute atomic E-state index is 0.335. The van der Waals surface area contributed by atoms with Gasteiger partial charge in [0.25, 0.3) is 0 Å². The molecule has 1 unspecified atom stereocenters. The maximum Gasteiger partial charge on any atom is 0.408 e. The van der Waals surface area contributed by atoms with Crippen molar-refractivity contribution < 1.29 is 19.4 Å². The van der Waals surface area contributed by atoms with E-state index in [2.05, 4.69) is 5.32 Å². The highest BCUT2D eigenvalue weighted by Gasteiger charge is 2.48. The standard InChI is InChI=1S/C16H21NO4/c1-10-6-5-7-12-11(10)8-9-16(12,13(18)19)17-14(20)21-15(2,3)4/h5-7H,8-9H2,1-4H3,(H,17,20)(H,18,19). The van der Waals surface area contributed by atoms with Crippen LogP contribution in [-0.4, -0.2) is 22.8 Å². The van der Waals surface area contributed by atoms with E-state index in [1.165, 1.54) is 0 Å². The van der Waals surface area contributed by atoms with E-state index in [0.29, 0.717) is 18.4 Å². The van der Waals surface area contributed by atoms with Crippen molar-refractivity contribution in [2.45, 2.75) is 51.7 Å². The summed E-state index contributed by atoms with van der Waals surface area (Å²) in [5, 5.41) is 12.2. The van der Waals surface area contributed by atoms with Crippen LogP contribution in [0.5, 0.6) is 0 Å². The van der Waals surface area contributed by atoms with Gasteiger partial charge in [0.2, 0.25) is 0 Å². The molecule has 1 aromatic rings. The van der Waals surface area contributed by atoms with Gasteiger partial charge in [0.05, 0.1) is 0 Å². The van der Waals surface area contributed by atoms with Crippen molar-refractivity contribution >= 4 is 12.1 Å². The lowest BCUT2D eigenvalue weighted by atomic mass is 9.91. The Morgan fingerprint density at radius 1 is 1.33 bits per heavy atom. The molecule has 0 bridgehead atoms. The van der Waals surface area contributed by atoms with Crippen LogP contribution < -0.4 is 5.32 Å². The fourth-order valence-electron chi connectivity index (χ4n) is 2.76. The SMILES string of the molecule is Cc1cccc2c1CCC2(NC(=O)OC(C)(C)C)C(=O)O. The van der Waals surface area contributed by atoms with Crippen molar-refractivity contribution in [3.63, 3.8) is 0 Å². The van der Waals surface area contributed by atoms with Crippen LogP contribution in [0, 0.1) is 6.92 Å². The van der Waals surface area contributed by atoms with Crippen LogP contribution >= 0.6 is 0 Å². The number of carboxylic acid groups (broad SMARTS) is 1. The number of hydrogen-bond acceptors (Lipinski definition) is 3. The lowest BCUT2D eigenvalue weighted by Gasteiger charge is -2.29. The number of fused-ring (bicyclic) bond motifs is 1. The van der Waals surface area contributed by atoms with Gasteiger partial charge in [-0.2, -0.15) is 0 Å². The molecule has 2 N–H and O–H groups in total. The number of alkyl carbamates (subject to hydrolysis) is 1. The normalized spacial score (nSPS) is 20.8. The Hall–Kier alpha value is -2.04. The molecule has 0 heterocycles. The molecule has 1 atom stereocenters. The summed E-state index contributed by atoms with van der Waals surface area (Å²) in [6.45, 7) is 7.18. The molecule has 1 aliphatic rings. The van der Waals surface area contributed by atoms with Crippen LogP contribution in [-0.2, 0) is 21.5 Å². The summed E-state index contributed by atoms with van der Waals surface area (Å²) < 4.78 is 5.21. The van der Waals surface area contributed by atoms with Gasteiger partial charge < -0.3 is 15.2 Å². The van der Waals surface area contributed by atoms with Crippen molar-refractivity contribution in [3.8, 4) is 0 Å². The first kappa shape index (κ1) is 15.4. The van der Waals surface area contributed by atoms with Gasteiger partial charge in [-0.15, -0.1) is 0 Å². The van der Waals surface area contributed by atoms with Gasteiger partial charge in [0, 0.05) is 0 Å². The van der Waals surface area contributed by atoms with Gasteiger partial charge in [-0.25, -0.2) is 9.59 Å². The van der Waals surface area contributed by atoms with Crippen LogP contribution in [0.2, 0.25) is 0 Å². The summed E-state index contributed by atoms with van der Waals surface area (Å²) >= 11 is 0. The first-order valence-electron chi connectivity index (χ1n) is 6.99. The fourth-order valence-corrected chi connectivity index (χ4v) is 2.76. The summed E-state index contributed by atoms with van der Waals surface area (Å²) in [4.78, 5) is 23.9. The van der Waals surface area contributed by atoms with Crippen LogP contribution in [0.1, 0.15) is 43.9 Å². The Morgan fingerprint density at radius 2 is 2.00 bits per heavy atom. The summed E-state index contributed by atoms with van der Waals surface area (Å²) in [5.74, 6) is -1.06. The average molecular weight is 291 g/mol. The Bertz CT molecular complexity index is 588. The highest BCUT2D eigenvalue weighted by atomic mass is 16.6. The van der Waals surface area contributed by atoms with E-state index in [0.717, 1.165) is 11.1 Å². The zero-order chi connectivity index (χ0) is 15.8. The predicted octanol–water partition coefficient (Wildman–Crippen LogP) is 2.75. The van der Waals surface area contributed by atoms with Crippen molar-refractivity contribution in [1.29, 1.82) is 0 Å². The number of ether oxygens (including phenoxy) is 1. The number of aliphatic carboxylic acids is 1. The zero-order valence-corrected chi connectivity index (χ0v) is 12.8. The van der Waals surface area contributed by atoms with Crippen LogP contribution in [0.3, 0.4) is 0 Å². The van der Waals surface area contributed by atoms with Crippen molar-refractivity contribution in [2.24, 2.45) is 0 Å². The summed E-state index contributed by atoms with van der Waals surface area (Å²) in [7, 11) is 0. The quantitative estimate of drug-likeness (QED) is 0.878. The highest BCUT2D eigenvalue weighted by Crippen LogP contribution is 2.39. The molecule has 1 amide bonds. The van der Waals surface area contributed by atoms with Gasteiger partial charge in [0.1, 0.15) is 5.60 Å². The average Bonchev–Trinajstić information content (AvgIpc) is 2.68. The smallest absolute Gasteiger partial charge is 0.408 e. The molecule has 0 saturated carbocycles. The second-order valence-corrected chi connectivity index (χ2v) is 6.44. The molecule has 0 spiro atoms. The lowest BCUT2D eigenvalue weighted by molar-refractivity contribution is -0.145. The third-order valence-electron chi connectivity index (χ3n) is 3.70. The number of carbonyl (C=O) groups excluding carboxylic acids is 1. The minimum Gasteiger partial charge on any atom is -0.479 e. The Balaban J connectivity index is 2.36. The van der Waals surface area contributed by atoms with Gasteiger partial charge in [-0.3, -0.25) is 0 Å². The molecule has 114 valence electrons. The van der Waals surface area contributed by atoms with E-state index in [9.17, 15) is 14.7 Å². The topological polar surface area (TPSA) is 75.6 Å². The molecule has 0 aromatic heterocycles. The van der Waals surface area contributed by atoms with Crippen LogP contribution in [0.15, 0.2) is 18.2 Å². The number of carbonyl (C=O) groups is 2. The van der Waals surface area contributed by atoms with E-state index in [4.69, 9.17) is 4.74 Å². The van der Waals surface area contributed by atoms with Crippen LogP contribution in [0.25, 0.3) is 0 Å². The van der Waals surface area contributed by atoms with Crippen molar-refractivity contribution in [1.82, 2.24) is 5.32 Å². The molecule has 5 heteroatoms.